The van der Waals surface area contributed by atoms with E-state index in [9.17, 15) is 0 Å². The van der Waals surface area contributed by atoms with Crippen molar-refractivity contribution < 1.29 is 4.74 Å². The van der Waals surface area contributed by atoms with Crippen LogP contribution in [0.1, 0.15) is 25.2 Å². The van der Waals surface area contributed by atoms with Crippen molar-refractivity contribution >= 4 is 0 Å². The van der Waals surface area contributed by atoms with Crippen LogP contribution in [-0.2, 0) is 6.42 Å². The third kappa shape index (κ3) is 2.68. The van der Waals surface area contributed by atoms with Crippen molar-refractivity contribution in [1.82, 2.24) is 9.97 Å². The molecule has 0 aromatic carbocycles. The molecule has 0 N–H and O–H groups in total. The predicted molar refractivity (Wildman–Crippen MR) is 51.9 cm³/mol. The smallest absolute Gasteiger partial charge is 0.235 e. The van der Waals surface area contributed by atoms with Crippen LogP contribution in [0.25, 0.3) is 0 Å². The molecule has 0 saturated heterocycles. The zero-order valence-electron chi connectivity index (χ0n) is 8.66. The summed E-state index contributed by atoms with van der Waals surface area (Å²) >= 11 is 0. The van der Waals surface area contributed by atoms with Crippen LogP contribution >= 0.6 is 0 Å². The summed E-state index contributed by atoms with van der Waals surface area (Å²) in [6.45, 7) is 6.22. The van der Waals surface area contributed by atoms with E-state index in [0.717, 1.165) is 17.8 Å². The largest absolute Gasteiger partial charge is 0.480 e. The van der Waals surface area contributed by atoms with E-state index in [-0.39, 0.29) is 0 Å². The first-order valence-electron chi connectivity index (χ1n) is 4.50. The Labute approximate surface area is 79.2 Å². The highest BCUT2D eigenvalue weighted by Crippen LogP contribution is 2.13. The maximum Gasteiger partial charge on any atom is 0.235 e. The summed E-state index contributed by atoms with van der Waals surface area (Å²) in [6, 6.07) is 0. The van der Waals surface area contributed by atoms with Crippen LogP contribution in [0.2, 0.25) is 0 Å². The molecule has 0 fully saturated rings. The lowest BCUT2D eigenvalue weighted by atomic mass is 10.1. The van der Waals surface area contributed by atoms with Crippen molar-refractivity contribution in [3.05, 3.63) is 17.6 Å². The molecule has 1 rings (SSSR count). The summed E-state index contributed by atoms with van der Waals surface area (Å²) in [5, 5.41) is 0. The van der Waals surface area contributed by atoms with Gasteiger partial charge in [0.1, 0.15) is 0 Å². The molecular weight excluding hydrogens is 164 g/mol. The molecule has 0 amide bonds. The van der Waals surface area contributed by atoms with Crippen molar-refractivity contribution in [2.24, 2.45) is 5.92 Å². The summed E-state index contributed by atoms with van der Waals surface area (Å²) in [4.78, 5) is 8.56. The van der Waals surface area contributed by atoms with Gasteiger partial charge in [0.2, 0.25) is 5.88 Å². The van der Waals surface area contributed by atoms with Gasteiger partial charge in [-0.3, -0.25) is 4.98 Å². The van der Waals surface area contributed by atoms with Crippen molar-refractivity contribution in [3.63, 3.8) is 0 Å². The second-order valence-corrected chi connectivity index (χ2v) is 3.55. The molecule has 1 aromatic heterocycles. The lowest BCUT2D eigenvalue weighted by Crippen LogP contribution is -2.02. The topological polar surface area (TPSA) is 35.0 Å². The Morgan fingerprint density at radius 2 is 2.15 bits per heavy atom. The number of nitrogens with zero attached hydrogens (tertiary/aromatic N) is 2. The van der Waals surface area contributed by atoms with Gasteiger partial charge in [0.25, 0.3) is 0 Å². The molecule has 3 nitrogen and oxygen atoms in total. The predicted octanol–water partition coefficient (Wildman–Crippen LogP) is 1.99. The summed E-state index contributed by atoms with van der Waals surface area (Å²) in [5.41, 5.74) is 1.84. The third-order valence-corrected chi connectivity index (χ3v) is 1.77. The van der Waals surface area contributed by atoms with Gasteiger partial charge in [-0.1, -0.05) is 13.8 Å². The Bertz CT molecular complexity index is 284. The zero-order valence-corrected chi connectivity index (χ0v) is 8.66. The minimum atomic E-state index is 0.599. The van der Waals surface area contributed by atoms with Crippen LogP contribution in [0.5, 0.6) is 5.88 Å². The maximum absolute atomic E-state index is 5.09. The SMILES string of the molecule is COc1nc(CC(C)C)cnc1C. The van der Waals surface area contributed by atoms with Gasteiger partial charge < -0.3 is 4.74 Å². The molecule has 0 aliphatic heterocycles. The molecular formula is C10H16N2O. The summed E-state index contributed by atoms with van der Waals surface area (Å²) in [7, 11) is 1.62. The van der Waals surface area contributed by atoms with E-state index in [4.69, 9.17) is 4.74 Å². The van der Waals surface area contributed by atoms with E-state index in [2.05, 4.69) is 23.8 Å². The van der Waals surface area contributed by atoms with Gasteiger partial charge in [0.15, 0.2) is 0 Å². The molecule has 0 unspecified atom stereocenters. The monoisotopic (exact) mass is 180 g/mol. The summed E-state index contributed by atoms with van der Waals surface area (Å²) < 4.78 is 5.09. The molecule has 0 bridgehead atoms. The lowest BCUT2D eigenvalue weighted by molar-refractivity contribution is 0.389. The fourth-order valence-corrected chi connectivity index (χ4v) is 1.18. The molecule has 0 radical (unpaired) electrons. The lowest BCUT2D eigenvalue weighted by Gasteiger charge is -2.07. The fraction of sp³-hybridized carbons (Fsp3) is 0.600. The zero-order chi connectivity index (χ0) is 9.84. The van der Waals surface area contributed by atoms with Gasteiger partial charge in [0.05, 0.1) is 18.5 Å². The van der Waals surface area contributed by atoms with Gasteiger partial charge in [-0.25, -0.2) is 4.98 Å². The number of hydrogen-bond donors (Lipinski definition) is 0. The molecule has 3 heteroatoms. The minimum Gasteiger partial charge on any atom is -0.480 e. The first-order valence-corrected chi connectivity index (χ1v) is 4.50. The Morgan fingerprint density at radius 3 is 2.69 bits per heavy atom. The van der Waals surface area contributed by atoms with Gasteiger partial charge >= 0.3 is 0 Å². The van der Waals surface area contributed by atoms with E-state index in [0.29, 0.717) is 11.8 Å². The minimum absolute atomic E-state index is 0.599. The van der Waals surface area contributed by atoms with Gasteiger partial charge in [-0.05, 0) is 19.3 Å². The maximum atomic E-state index is 5.09. The first-order chi connectivity index (χ1) is 6.13. The standard InChI is InChI=1S/C10H16N2O/c1-7(2)5-9-6-11-8(3)10(12-9)13-4/h6-7H,5H2,1-4H3. The third-order valence-electron chi connectivity index (χ3n) is 1.77. The number of methoxy groups -OCH3 is 1. The second kappa shape index (κ2) is 4.21. The Hall–Kier alpha value is -1.12. The quantitative estimate of drug-likeness (QED) is 0.713. The average molecular weight is 180 g/mol. The van der Waals surface area contributed by atoms with Crippen LogP contribution in [0.4, 0.5) is 0 Å². The van der Waals surface area contributed by atoms with Crippen molar-refractivity contribution in [2.75, 3.05) is 7.11 Å². The first kappa shape index (κ1) is 9.96. The average Bonchev–Trinajstić information content (AvgIpc) is 2.07. The van der Waals surface area contributed by atoms with Crippen LogP contribution in [0.15, 0.2) is 6.20 Å². The van der Waals surface area contributed by atoms with Crippen LogP contribution in [0, 0.1) is 12.8 Å². The van der Waals surface area contributed by atoms with Crippen LogP contribution in [-0.4, -0.2) is 17.1 Å². The van der Waals surface area contributed by atoms with Crippen molar-refractivity contribution in [3.8, 4) is 5.88 Å². The van der Waals surface area contributed by atoms with E-state index in [1.165, 1.54) is 0 Å². The Morgan fingerprint density at radius 1 is 1.46 bits per heavy atom. The molecule has 0 aliphatic carbocycles. The van der Waals surface area contributed by atoms with Gasteiger partial charge in [-0.15, -0.1) is 0 Å². The molecule has 0 aliphatic rings. The molecule has 0 spiro atoms. The highest BCUT2D eigenvalue weighted by atomic mass is 16.5. The highest BCUT2D eigenvalue weighted by molar-refractivity contribution is 5.18. The van der Waals surface area contributed by atoms with Crippen LogP contribution in [0.3, 0.4) is 0 Å². The molecule has 13 heavy (non-hydrogen) atoms. The molecule has 0 saturated carbocycles. The number of rotatable bonds is 3. The number of aromatic nitrogens is 2. The van der Waals surface area contributed by atoms with Crippen molar-refractivity contribution in [1.29, 1.82) is 0 Å². The highest BCUT2D eigenvalue weighted by Gasteiger charge is 2.04. The van der Waals surface area contributed by atoms with E-state index >= 15 is 0 Å². The van der Waals surface area contributed by atoms with E-state index in [1.807, 2.05) is 13.1 Å². The van der Waals surface area contributed by atoms with E-state index < -0.39 is 0 Å². The van der Waals surface area contributed by atoms with Crippen LogP contribution < -0.4 is 4.74 Å². The fourth-order valence-electron chi connectivity index (χ4n) is 1.18. The molecule has 0 atom stereocenters. The van der Waals surface area contributed by atoms with Gasteiger partial charge in [0, 0.05) is 6.20 Å². The van der Waals surface area contributed by atoms with E-state index in [1.54, 1.807) is 7.11 Å². The van der Waals surface area contributed by atoms with Gasteiger partial charge in [-0.2, -0.15) is 0 Å². The number of hydrogen-bond acceptors (Lipinski definition) is 3. The molecule has 1 heterocycles. The number of aryl methyl sites for hydroxylation is 1. The molecule has 72 valence electrons. The normalized spacial score (nSPS) is 10.5. The second-order valence-electron chi connectivity index (χ2n) is 3.55. The van der Waals surface area contributed by atoms with Crippen molar-refractivity contribution in [2.45, 2.75) is 27.2 Å². The summed E-state index contributed by atoms with van der Waals surface area (Å²) in [5.74, 6) is 1.24. The molecule has 1 aromatic rings. The number of ether oxygens (including phenoxy) is 1. The Kier molecular flexibility index (Phi) is 3.23. The summed E-state index contributed by atoms with van der Waals surface area (Å²) in [6.07, 6.45) is 2.77. The Balaban J connectivity index is 2.86.